The van der Waals surface area contributed by atoms with Crippen LogP contribution in [-0.2, 0) is 5.54 Å². The van der Waals surface area contributed by atoms with Crippen LogP contribution in [-0.4, -0.2) is 49.4 Å². The second kappa shape index (κ2) is 13.7. The fourth-order valence-corrected chi connectivity index (χ4v) is 8.31. The lowest BCUT2D eigenvalue weighted by Crippen LogP contribution is -2.38. The second-order valence-electron chi connectivity index (χ2n) is 14.0. The molecule has 0 N–H and O–H groups in total. The number of aliphatic imine (C=N–C) groups is 2. The Kier molecular flexibility index (Phi) is 8.54. The lowest BCUT2D eigenvalue weighted by molar-refractivity contribution is 0.414. The van der Waals surface area contributed by atoms with Crippen molar-refractivity contribution in [3.8, 4) is 56.9 Å². The van der Waals surface area contributed by atoms with Crippen molar-refractivity contribution in [1.82, 2.24) is 9.55 Å². The molecule has 1 aromatic heterocycles. The van der Waals surface area contributed by atoms with Gasteiger partial charge in [0.05, 0.1) is 51.3 Å². The van der Waals surface area contributed by atoms with Gasteiger partial charge in [-0.25, -0.2) is 15.0 Å². The molecule has 56 heavy (non-hydrogen) atoms. The molecule has 1 atom stereocenters. The number of benzene rings is 5. The first-order valence-corrected chi connectivity index (χ1v) is 18.5. The van der Waals surface area contributed by atoms with Gasteiger partial charge in [-0.3, -0.25) is 0 Å². The molecule has 5 aromatic carbocycles. The van der Waals surface area contributed by atoms with Gasteiger partial charge in [-0.2, -0.15) is 0 Å². The lowest BCUT2D eigenvalue weighted by atomic mass is 9.72. The molecular weight excluding hydrogens is 697 g/mol. The fourth-order valence-electron chi connectivity index (χ4n) is 8.31. The first kappa shape index (κ1) is 34.8. The maximum Gasteiger partial charge on any atom is 0.159 e. The van der Waals surface area contributed by atoms with Crippen LogP contribution in [0.2, 0.25) is 0 Å². The van der Waals surface area contributed by atoms with Gasteiger partial charge in [-0.15, -0.1) is 0 Å². The monoisotopic (exact) mass is 736 g/mol. The summed E-state index contributed by atoms with van der Waals surface area (Å²) in [6, 6.07) is 38.8. The largest absolute Gasteiger partial charge is 0.497 e. The Morgan fingerprint density at radius 2 is 1.04 bits per heavy atom. The number of nitrogens with zero attached hydrogens (tertiary/aromatic N) is 4. The van der Waals surface area contributed by atoms with Crippen LogP contribution in [0.25, 0.3) is 33.9 Å². The van der Waals surface area contributed by atoms with Crippen molar-refractivity contribution in [1.29, 1.82) is 0 Å². The number of hydrogen-bond donors (Lipinski definition) is 0. The first-order chi connectivity index (χ1) is 27.4. The minimum absolute atomic E-state index is 0.632. The highest BCUT2D eigenvalue weighted by Gasteiger charge is 2.52. The van der Waals surface area contributed by atoms with Crippen molar-refractivity contribution in [3.05, 3.63) is 173 Å². The maximum atomic E-state index is 5.61. The van der Waals surface area contributed by atoms with E-state index in [1.165, 1.54) is 0 Å². The van der Waals surface area contributed by atoms with E-state index in [1.54, 1.807) is 28.4 Å². The fraction of sp³-hybridized carbons (Fsp3) is 0.146. The van der Waals surface area contributed by atoms with Gasteiger partial charge in [0.15, 0.2) is 5.82 Å². The smallest absolute Gasteiger partial charge is 0.159 e. The predicted molar refractivity (Wildman–Crippen MR) is 222 cm³/mol. The maximum absolute atomic E-state index is 5.61. The van der Waals surface area contributed by atoms with E-state index in [0.29, 0.717) is 5.82 Å². The molecule has 3 heterocycles. The van der Waals surface area contributed by atoms with Gasteiger partial charge in [0.2, 0.25) is 0 Å². The highest BCUT2D eigenvalue weighted by atomic mass is 16.5. The molecule has 0 radical (unpaired) electrons. The van der Waals surface area contributed by atoms with E-state index in [2.05, 4.69) is 79.1 Å². The number of allylic oxidation sites excluding steroid dienone is 5. The van der Waals surface area contributed by atoms with Crippen molar-refractivity contribution < 1.29 is 18.9 Å². The van der Waals surface area contributed by atoms with Gasteiger partial charge >= 0.3 is 0 Å². The molecule has 0 fully saturated rings. The summed E-state index contributed by atoms with van der Waals surface area (Å²) in [5, 5.41) is 0. The average molecular weight is 737 g/mol. The number of hydrogen-bond acceptors (Lipinski definition) is 7. The Morgan fingerprint density at radius 3 is 1.54 bits per heavy atom. The summed E-state index contributed by atoms with van der Waals surface area (Å²) in [5.74, 6) is 4.61. The molecule has 2 aliphatic heterocycles. The molecule has 0 amide bonds. The Morgan fingerprint density at radius 1 is 0.554 bits per heavy atom. The number of rotatable bonds is 8. The van der Waals surface area contributed by atoms with Gasteiger partial charge in [0.25, 0.3) is 0 Å². The van der Waals surface area contributed by atoms with Crippen molar-refractivity contribution in [3.63, 3.8) is 0 Å². The minimum atomic E-state index is -0.847. The Hall–Kier alpha value is -6.93. The van der Waals surface area contributed by atoms with Gasteiger partial charge in [-0.05, 0) is 122 Å². The summed E-state index contributed by atoms with van der Waals surface area (Å²) in [6.45, 7) is 4.39. The van der Waals surface area contributed by atoms with Crippen molar-refractivity contribution >= 4 is 11.4 Å². The Balaban J connectivity index is 1.38. The molecule has 0 bridgehead atoms. The third-order valence-corrected chi connectivity index (χ3v) is 11.0. The number of imidazole rings is 1. The highest BCUT2D eigenvalue weighted by molar-refractivity contribution is 6.55. The van der Waals surface area contributed by atoms with Gasteiger partial charge < -0.3 is 23.5 Å². The summed E-state index contributed by atoms with van der Waals surface area (Å²) >= 11 is 0. The van der Waals surface area contributed by atoms with Gasteiger partial charge in [-0.1, -0.05) is 36.4 Å². The number of aromatic nitrogens is 2. The highest BCUT2D eigenvalue weighted by Crippen LogP contribution is 2.58. The third-order valence-electron chi connectivity index (χ3n) is 11.0. The molecule has 8 heteroatoms. The first-order valence-electron chi connectivity index (χ1n) is 18.5. The minimum Gasteiger partial charge on any atom is -0.497 e. The molecule has 276 valence electrons. The molecule has 1 unspecified atom stereocenters. The van der Waals surface area contributed by atoms with Crippen LogP contribution in [0.5, 0.6) is 23.0 Å². The van der Waals surface area contributed by atoms with Crippen molar-refractivity contribution in [2.75, 3.05) is 28.4 Å². The summed E-state index contributed by atoms with van der Waals surface area (Å²) in [5.41, 5.74) is 11.8. The second-order valence-corrected chi connectivity index (χ2v) is 14.0. The van der Waals surface area contributed by atoms with Crippen LogP contribution in [0.1, 0.15) is 29.2 Å². The number of fused-ring (bicyclic) bond motifs is 5. The van der Waals surface area contributed by atoms with E-state index < -0.39 is 5.54 Å². The molecule has 1 aliphatic carbocycles. The van der Waals surface area contributed by atoms with Crippen LogP contribution >= 0.6 is 0 Å². The standard InChI is InChI=1S/C48H40N4O4/c1-29-9-7-11-39-41(29)48(52-45(34-19-27-38(56-6)28-20-34)44(51-47(39)52)33-17-25-37(55-5)26-18-33)30(2)10-8-12-40(48)46-49-42(31-13-21-35(53-3)22-14-31)43(50-46)32-15-23-36(54-4)24-16-32/h7-28H,1-6H3. The van der Waals surface area contributed by atoms with Crippen molar-refractivity contribution in [2.24, 2.45) is 9.98 Å². The number of methoxy groups -OCH3 is 4. The summed E-state index contributed by atoms with van der Waals surface area (Å²) < 4.78 is 24.6. The van der Waals surface area contributed by atoms with E-state index in [9.17, 15) is 0 Å². The summed E-state index contributed by atoms with van der Waals surface area (Å²) in [6.07, 6.45) is 6.49. The SMILES string of the molecule is COc1ccc(C2=NC(=C3C=CC=C(C)C34c3c(C)cccc3-c3nc(-c5ccc(OC)cc5)c(-c5ccc(OC)cc5)n34)N=C2c2ccc(OC)cc2)cc1. The zero-order valence-electron chi connectivity index (χ0n) is 32.1. The van der Waals surface area contributed by atoms with Crippen LogP contribution in [0.15, 0.2) is 160 Å². The molecule has 8 nitrogen and oxygen atoms in total. The van der Waals surface area contributed by atoms with E-state index >= 15 is 0 Å². The molecule has 6 aromatic rings. The zero-order valence-corrected chi connectivity index (χ0v) is 32.1. The Bertz CT molecular complexity index is 2600. The molecule has 3 aliphatic rings. The van der Waals surface area contributed by atoms with Crippen LogP contribution in [0.4, 0.5) is 0 Å². The molecule has 9 rings (SSSR count). The summed E-state index contributed by atoms with van der Waals surface area (Å²) in [4.78, 5) is 16.4. The van der Waals surface area contributed by atoms with Crippen molar-refractivity contribution in [2.45, 2.75) is 19.4 Å². The van der Waals surface area contributed by atoms with E-state index in [-0.39, 0.29) is 0 Å². The van der Waals surface area contributed by atoms with Crippen LogP contribution in [0, 0.1) is 6.92 Å². The van der Waals surface area contributed by atoms with Gasteiger partial charge in [0.1, 0.15) is 34.4 Å². The number of aryl methyl sites for hydroxylation is 1. The van der Waals surface area contributed by atoms with Crippen LogP contribution in [0.3, 0.4) is 0 Å². The molecule has 1 spiro atoms. The average Bonchev–Trinajstić information content (AvgIpc) is 3.94. The molecule has 0 saturated carbocycles. The van der Waals surface area contributed by atoms with E-state index in [1.807, 2.05) is 72.8 Å². The van der Waals surface area contributed by atoms with E-state index in [4.69, 9.17) is 33.9 Å². The molecule has 0 saturated heterocycles. The normalized spacial score (nSPS) is 16.6. The predicted octanol–water partition coefficient (Wildman–Crippen LogP) is 10.0. The topological polar surface area (TPSA) is 79.5 Å². The molecular formula is C48H40N4O4. The third kappa shape index (κ3) is 5.32. The Labute approximate surface area is 326 Å². The lowest BCUT2D eigenvalue weighted by Gasteiger charge is -2.39. The van der Waals surface area contributed by atoms with Crippen LogP contribution < -0.4 is 18.9 Å². The van der Waals surface area contributed by atoms with Gasteiger partial charge in [0, 0.05) is 39.0 Å². The number of ether oxygens (including phenoxy) is 4. The van der Waals surface area contributed by atoms with E-state index in [0.717, 1.165) is 102 Å². The quantitative estimate of drug-likeness (QED) is 0.156. The zero-order chi connectivity index (χ0) is 38.6. The summed E-state index contributed by atoms with van der Waals surface area (Å²) in [7, 11) is 6.71.